The fraction of sp³-hybridized carbons (Fsp3) is 0.353. The molecule has 0 radical (unpaired) electrons. The van der Waals surface area contributed by atoms with Crippen LogP contribution in [0.4, 0.5) is 5.69 Å². The highest BCUT2D eigenvalue weighted by Gasteiger charge is 2.35. The number of benzene rings is 2. The van der Waals surface area contributed by atoms with E-state index in [4.69, 9.17) is 5.73 Å². The maximum absolute atomic E-state index is 12.4. The Hall–Kier alpha value is -1.87. The minimum Gasteiger partial charge on any atom is -0.324 e. The lowest BCUT2D eigenvalue weighted by Gasteiger charge is -2.31. The summed E-state index contributed by atoms with van der Waals surface area (Å²) < 4.78 is 0. The van der Waals surface area contributed by atoms with Gasteiger partial charge in [-0.2, -0.15) is 0 Å². The number of anilines is 1. The highest BCUT2D eigenvalue weighted by Crippen LogP contribution is 2.27. The number of nitrogens with one attached hydrogen (secondary N) is 1. The van der Waals surface area contributed by atoms with Crippen molar-refractivity contribution in [3.63, 3.8) is 0 Å². The van der Waals surface area contributed by atoms with Crippen LogP contribution in [0, 0.1) is 0 Å². The van der Waals surface area contributed by atoms with Gasteiger partial charge in [0.2, 0.25) is 5.91 Å². The van der Waals surface area contributed by atoms with Gasteiger partial charge >= 0.3 is 0 Å². The van der Waals surface area contributed by atoms with Gasteiger partial charge in [-0.15, -0.1) is 0 Å². The van der Waals surface area contributed by atoms with Crippen molar-refractivity contribution in [1.82, 2.24) is 0 Å². The van der Waals surface area contributed by atoms with E-state index in [-0.39, 0.29) is 5.91 Å². The van der Waals surface area contributed by atoms with E-state index in [0.717, 1.165) is 36.8 Å². The Kier molecular flexibility index (Phi) is 3.45. The van der Waals surface area contributed by atoms with E-state index in [1.165, 1.54) is 11.8 Å². The first-order chi connectivity index (χ1) is 9.67. The lowest BCUT2D eigenvalue weighted by molar-refractivity contribution is -0.122. The molecule has 2 aromatic rings. The van der Waals surface area contributed by atoms with Gasteiger partial charge in [0, 0.05) is 5.69 Å². The molecule has 0 aliphatic heterocycles. The molecular formula is C17H20N2O. The molecule has 3 nitrogen and oxygen atoms in total. The van der Waals surface area contributed by atoms with E-state index in [1.807, 2.05) is 36.4 Å². The fourth-order valence-corrected chi connectivity index (χ4v) is 2.93. The van der Waals surface area contributed by atoms with Crippen LogP contribution in [-0.2, 0) is 4.79 Å². The Bertz CT molecular complexity index is 630. The fourth-order valence-electron chi connectivity index (χ4n) is 2.93. The summed E-state index contributed by atoms with van der Waals surface area (Å²) >= 11 is 0. The van der Waals surface area contributed by atoms with Crippen LogP contribution in [-0.4, -0.2) is 11.4 Å². The van der Waals surface area contributed by atoms with Crippen LogP contribution in [0.1, 0.15) is 32.1 Å². The molecule has 1 aliphatic carbocycles. The molecule has 104 valence electrons. The van der Waals surface area contributed by atoms with Gasteiger partial charge in [-0.3, -0.25) is 4.79 Å². The molecule has 3 heteroatoms. The first kappa shape index (κ1) is 13.1. The van der Waals surface area contributed by atoms with Crippen LogP contribution in [0.25, 0.3) is 10.8 Å². The first-order valence-corrected chi connectivity index (χ1v) is 7.27. The SMILES string of the molecule is NC1(C(=O)Nc2ccc3ccccc3c2)CCCCC1. The molecule has 3 rings (SSSR count). The summed E-state index contributed by atoms with van der Waals surface area (Å²) in [5, 5.41) is 5.28. The zero-order valence-corrected chi connectivity index (χ0v) is 11.6. The summed E-state index contributed by atoms with van der Waals surface area (Å²) in [6, 6.07) is 14.1. The van der Waals surface area contributed by atoms with Crippen LogP contribution in [0.15, 0.2) is 42.5 Å². The van der Waals surface area contributed by atoms with E-state index in [1.54, 1.807) is 0 Å². The molecular weight excluding hydrogens is 248 g/mol. The molecule has 0 bridgehead atoms. The topological polar surface area (TPSA) is 55.1 Å². The third-order valence-corrected chi connectivity index (χ3v) is 4.21. The van der Waals surface area contributed by atoms with E-state index in [2.05, 4.69) is 11.4 Å². The second-order valence-corrected chi connectivity index (χ2v) is 5.73. The van der Waals surface area contributed by atoms with Gasteiger partial charge in [0.05, 0.1) is 5.54 Å². The Morgan fingerprint density at radius 2 is 1.70 bits per heavy atom. The van der Waals surface area contributed by atoms with Gasteiger partial charge in [-0.1, -0.05) is 49.6 Å². The molecule has 0 unspecified atom stereocenters. The van der Waals surface area contributed by atoms with Crippen molar-refractivity contribution < 1.29 is 4.79 Å². The summed E-state index contributed by atoms with van der Waals surface area (Å²) in [4.78, 5) is 12.4. The molecule has 1 amide bonds. The molecule has 0 atom stereocenters. The monoisotopic (exact) mass is 268 g/mol. The number of amides is 1. The number of hydrogen-bond donors (Lipinski definition) is 2. The number of nitrogens with two attached hydrogens (primary N) is 1. The van der Waals surface area contributed by atoms with Gasteiger partial charge in [0.25, 0.3) is 0 Å². The number of fused-ring (bicyclic) bond motifs is 1. The second-order valence-electron chi connectivity index (χ2n) is 5.73. The summed E-state index contributed by atoms with van der Waals surface area (Å²) in [5.41, 5.74) is 6.38. The standard InChI is InChI=1S/C17H20N2O/c18-17(10-4-1-5-11-17)16(20)19-15-9-8-13-6-2-3-7-14(13)12-15/h2-3,6-9,12H,1,4-5,10-11,18H2,(H,19,20). The maximum Gasteiger partial charge on any atom is 0.244 e. The average Bonchev–Trinajstić information content (AvgIpc) is 2.48. The third kappa shape index (κ3) is 2.54. The predicted molar refractivity (Wildman–Crippen MR) is 82.6 cm³/mol. The summed E-state index contributed by atoms with van der Waals surface area (Å²) in [5.74, 6) is -0.0486. The van der Waals surface area contributed by atoms with Crippen LogP contribution < -0.4 is 11.1 Å². The van der Waals surface area contributed by atoms with E-state index in [9.17, 15) is 4.79 Å². The zero-order valence-electron chi connectivity index (χ0n) is 11.6. The number of carbonyl (C=O) groups is 1. The molecule has 1 aliphatic rings. The third-order valence-electron chi connectivity index (χ3n) is 4.21. The maximum atomic E-state index is 12.4. The van der Waals surface area contributed by atoms with E-state index in [0.29, 0.717) is 0 Å². The lowest BCUT2D eigenvalue weighted by Crippen LogP contribution is -2.52. The molecule has 20 heavy (non-hydrogen) atoms. The average molecular weight is 268 g/mol. The van der Waals surface area contributed by atoms with Crippen LogP contribution in [0.2, 0.25) is 0 Å². The second kappa shape index (κ2) is 5.25. The summed E-state index contributed by atoms with van der Waals surface area (Å²) in [6.45, 7) is 0. The molecule has 0 aromatic heterocycles. The molecule has 0 spiro atoms. The molecule has 0 heterocycles. The van der Waals surface area contributed by atoms with Crippen molar-refractivity contribution in [2.24, 2.45) is 5.73 Å². The molecule has 0 saturated heterocycles. The van der Waals surface area contributed by atoms with Crippen molar-refractivity contribution in [1.29, 1.82) is 0 Å². The Morgan fingerprint density at radius 1 is 1.00 bits per heavy atom. The van der Waals surface area contributed by atoms with E-state index < -0.39 is 5.54 Å². The van der Waals surface area contributed by atoms with Crippen LogP contribution in [0.5, 0.6) is 0 Å². The number of hydrogen-bond acceptors (Lipinski definition) is 2. The molecule has 1 fully saturated rings. The first-order valence-electron chi connectivity index (χ1n) is 7.27. The largest absolute Gasteiger partial charge is 0.324 e. The Labute approximate surface area is 119 Å². The molecule has 1 saturated carbocycles. The Balaban J connectivity index is 1.80. The lowest BCUT2D eigenvalue weighted by atomic mass is 9.82. The van der Waals surface area contributed by atoms with Gasteiger partial charge in [0.1, 0.15) is 0 Å². The van der Waals surface area contributed by atoms with Crippen LogP contribution in [0.3, 0.4) is 0 Å². The minimum atomic E-state index is -0.691. The van der Waals surface area contributed by atoms with Gasteiger partial charge in [-0.25, -0.2) is 0 Å². The summed E-state index contributed by atoms with van der Waals surface area (Å²) in [7, 11) is 0. The van der Waals surface area contributed by atoms with Crippen molar-refractivity contribution in [3.8, 4) is 0 Å². The summed E-state index contributed by atoms with van der Waals surface area (Å²) in [6.07, 6.45) is 4.84. The van der Waals surface area contributed by atoms with Gasteiger partial charge < -0.3 is 11.1 Å². The number of carbonyl (C=O) groups excluding carboxylic acids is 1. The minimum absolute atomic E-state index is 0.0486. The molecule has 2 aromatic carbocycles. The Morgan fingerprint density at radius 3 is 2.45 bits per heavy atom. The highest BCUT2D eigenvalue weighted by atomic mass is 16.2. The van der Waals surface area contributed by atoms with E-state index >= 15 is 0 Å². The van der Waals surface area contributed by atoms with Gasteiger partial charge in [0.15, 0.2) is 0 Å². The van der Waals surface area contributed by atoms with Gasteiger partial charge in [-0.05, 0) is 35.7 Å². The zero-order chi connectivity index (χ0) is 14.0. The molecule has 3 N–H and O–H groups in total. The van der Waals surface area contributed by atoms with Crippen molar-refractivity contribution >= 4 is 22.4 Å². The normalized spacial score (nSPS) is 17.9. The van der Waals surface area contributed by atoms with Crippen molar-refractivity contribution in [2.75, 3.05) is 5.32 Å². The van der Waals surface area contributed by atoms with Crippen LogP contribution >= 0.6 is 0 Å². The quantitative estimate of drug-likeness (QED) is 0.876. The van der Waals surface area contributed by atoms with Crippen molar-refractivity contribution in [3.05, 3.63) is 42.5 Å². The number of rotatable bonds is 2. The van der Waals surface area contributed by atoms with Crippen molar-refractivity contribution in [2.45, 2.75) is 37.6 Å². The highest BCUT2D eigenvalue weighted by molar-refractivity contribution is 5.99. The smallest absolute Gasteiger partial charge is 0.244 e. The predicted octanol–water partition coefficient (Wildman–Crippen LogP) is 3.44.